The Hall–Kier alpha value is 0.143. The number of rotatable bonds is 0. The minimum atomic E-state index is 0. The van der Waals surface area contributed by atoms with Crippen LogP contribution in [0.4, 0.5) is 0 Å². The van der Waals surface area contributed by atoms with E-state index in [1.807, 2.05) is 0 Å². The smallest absolute Gasteiger partial charge is 0 e. The van der Waals surface area contributed by atoms with Crippen molar-refractivity contribution in [3.63, 3.8) is 0 Å². The quantitative estimate of drug-likeness (QED) is 0.348. The van der Waals surface area contributed by atoms with Crippen LogP contribution in [-0.2, 0) is 19.5 Å². The van der Waals surface area contributed by atoms with Gasteiger partial charge in [0.2, 0.25) is 0 Å². The summed E-state index contributed by atoms with van der Waals surface area (Å²) in [6, 6.07) is 0. The molecule has 0 rings (SSSR count). The minimum absolute atomic E-state index is 0. The Kier molecular flexibility index (Phi) is 24.6. The van der Waals surface area contributed by atoms with Crippen LogP contribution in [0.15, 0.2) is 18.9 Å². The van der Waals surface area contributed by atoms with Gasteiger partial charge < -0.3 is 0 Å². The summed E-state index contributed by atoms with van der Waals surface area (Å²) in [6.07, 6.45) is 0. The van der Waals surface area contributed by atoms with Gasteiger partial charge in [0.05, 0.1) is 0 Å². The second kappa shape index (κ2) is 11.0. The van der Waals surface area contributed by atoms with Crippen molar-refractivity contribution < 1.29 is 19.5 Å². The minimum Gasteiger partial charge on any atom is -0.137 e. The van der Waals surface area contributed by atoms with Crippen LogP contribution in [0.5, 0.6) is 0 Å². The van der Waals surface area contributed by atoms with E-state index in [1.54, 1.807) is 0 Å². The molecule has 24 valence electrons. The Morgan fingerprint density at radius 2 is 1.25 bits per heavy atom. The molecule has 0 spiro atoms. The van der Waals surface area contributed by atoms with E-state index in [1.165, 1.54) is 0 Å². The molecule has 0 fully saturated rings. The van der Waals surface area contributed by atoms with Gasteiger partial charge in [0.15, 0.2) is 0 Å². The van der Waals surface area contributed by atoms with Crippen LogP contribution in [0.3, 0.4) is 0 Å². The Morgan fingerprint density at radius 3 is 1.25 bits per heavy atom. The molecule has 0 N–H and O–H groups in total. The molecule has 0 saturated carbocycles. The summed E-state index contributed by atoms with van der Waals surface area (Å²) in [5.41, 5.74) is 2.25. The Morgan fingerprint density at radius 1 is 1.25 bits per heavy atom. The molecule has 0 heterocycles. The number of hydrogen-bond acceptors (Lipinski definition) is 0. The molecule has 0 aromatic carbocycles. The fraction of sp³-hybridized carbons (Fsp3) is 0. The third-order valence-electron chi connectivity index (χ3n) is 0. The van der Waals surface area contributed by atoms with Gasteiger partial charge in [-0.2, -0.15) is 0 Å². The normalized spacial score (nSPS) is 2.00. The van der Waals surface area contributed by atoms with Crippen molar-refractivity contribution in [3.8, 4) is 0 Å². The molecule has 1 heteroatoms. The standard InChI is InChI=1S/C3H4.Ru/c1-3-2;/h1-2H2;. The molecule has 0 aliphatic rings. The van der Waals surface area contributed by atoms with Crippen molar-refractivity contribution in [1.82, 2.24) is 0 Å². The Balaban J connectivity index is 0. The van der Waals surface area contributed by atoms with E-state index in [2.05, 4.69) is 18.9 Å². The molecule has 0 aromatic heterocycles. The molecule has 0 amide bonds. The summed E-state index contributed by atoms with van der Waals surface area (Å²) in [6.45, 7) is 6.25. The SMILES string of the molecule is C=C=C.[Ru]. The molecule has 0 saturated heterocycles. The molecule has 0 aliphatic heterocycles. The van der Waals surface area contributed by atoms with E-state index in [0.717, 1.165) is 0 Å². The topological polar surface area (TPSA) is 0 Å². The van der Waals surface area contributed by atoms with Crippen LogP contribution in [0.25, 0.3) is 0 Å². The molecule has 0 unspecified atom stereocenters. The van der Waals surface area contributed by atoms with E-state index in [4.69, 9.17) is 0 Å². The first-order valence-corrected chi connectivity index (χ1v) is 0.707. The Labute approximate surface area is 39.0 Å². The zero-order chi connectivity index (χ0) is 2.71. The molecular weight excluding hydrogens is 137 g/mol. The zero-order valence-electron chi connectivity index (χ0n) is 2.27. The molecule has 0 bridgehead atoms. The Bertz CT molecular complexity index is 24.3. The van der Waals surface area contributed by atoms with Gasteiger partial charge in [-0.05, 0) is 0 Å². The first kappa shape index (κ1) is 8.91. The van der Waals surface area contributed by atoms with Gasteiger partial charge in [-0.15, -0.1) is 5.73 Å². The van der Waals surface area contributed by atoms with E-state index in [-0.39, 0.29) is 19.5 Å². The molecule has 0 aliphatic carbocycles. The summed E-state index contributed by atoms with van der Waals surface area (Å²) in [5.74, 6) is 0. The molecule has 0 nitrogen and oxygen atoms in total. The maximum atomic E-state index is 3.12. The monoisotopic (exact) mass is 142 g/mol. The van der Waals surface area contributed by atoms with Crippen LogP contribution in [0, 0.1) is 0 Å². The second-order valence-electron chi connectivity index (χ2n) is 0.250. The number of hydrogen-bond donors (Lipinski definition) is 0. The maximum absolute atomic E-state index is 3.12. The predicted octanol–water partition coefficient (Wildman–Crippen LogP) is 0.955. The molecular formula is C3H4Ru. The van der Waals surface area contributed by atoms with Crippen LogP contribution < -0.4 is 0 Å². The first-order chi connectivity index (χ1) is 1.41. The summed E-state index contributed by atoms with van der Waals surface area (Å²) in [5, 5.41) is 0. The largest absolute Gasteiger partial charge is 0.137 e. The van der Waals surface area contributed by atoms with Crippen molar-refractivity contribution in [1.29, 1.82) is 0 Å². The van der Waals surface area contributed by atoms with Crippen LogP contribution >= 0.6 is 0 Å². The van der Waals surface area contributed by atoms with Crippen LogP contribution in [0.1, 0.15) is 0 Å². The van der Waals surface area contributed by atoms with Crippen molar-refractivity contribution in [2.45, 2.75) is 0 Å². The molecule has 0 radical (unpaired) electrons. The average Bonchev–Trinajstić information content (AvgIpc) is 0.918. The van der Waals surface area contributed by atoms with Gasteiger partial charge in [-0.25, -0.2) is 0 Å². The summed E-state index contributed by atoms with van der Waals surface area (Å²) in [4.78, 5) is 0. The van der Waals surface area contributed by atoms with Gasteiger partial charge in [-0.3, -0.25) is 0 Å². The predicted molar refractivity (Wildman–Crippen MR) is 14.8 cm³/mol. The zero-order valence-corrected chi connectivity index (χ0v) is 4.01. The van der Waals surface area contributed by atoms with Crippen LogP contribution in [-0.4, -0.2) is 0 Å². The summed E-state index contributed by atoms with van der Waals surface area (Å²) < 4.78 is 0. The fourth-order valence-corrected chi connectivity index (χ4v) is 0. The van der Waals surface area contributed by atoms with Gasteiger partial charge >= 0.3 is 0 Å². The first-order valence-electron chi connectivity index (χ1n) is 0.707. The summed E-state index contributed by atoms with van der Waals surface area (Å²) in [7, 11) is 0. The second-order valence-corrected chi connectivity index (χ2v) is 0.250. The van der Waals surface area contributed by atoms with E-state index >= 15 is 0 Å². The molecule has 0 atom stereocenters. The van der Waals surface area contributed by atoms with Crippen molar-refractivity contribution in [2.24, 2.45) is 0 Å². The van der Waals surface area contributed by atoms with Crippen LogP contribution in [0.2, 0.25) is 0 Å². The molecule has 4 heavy (non-hydrogen) atoms. The maximum Gasteiger partial charge on any atom is 0 e. The van der Waals surface area contributed by atoms with Gasteiger partial charge in [-0.1, -0.05) is 13.2 Å². The average molecular weight is 141 g/mol. The summed E-state index contributed by atoms with van der Waals surface area (Å²) >= 11 is 0. The third-order valence-corrected chi connectivity index (χ3v) is 0. The van der Waals surface area contributed by atoms with E-state index < -0.39 is 0 Å². The van der Waals surface area contributed by atoms with Gasteiger partial charge in [0.25, 0.3) is 0 Å². The van der Waals surface area contributed by atoms with Crippen molar-refractivity contribution in [3.05, 3.63) is 18.9 Å². The third kappa shape index (κ3) is 136. The van der Waals surface area contributed by atoms with E-state index in [0.29, 0.717) is 0 Å². The van der Waals surface area contributed by atoms with Gasteiger partial charge in [0, 0.05) is 19.5 Å². The molecule has 0 aromatic rings. The fourth-order valence-electron chi connectivity index (χ4n) is 0. The van der Waals surface area contributed by atoms with Crippen molar-refractivity contribution in [2.75, 3.05) is 0 Å². The van der Waals surface area contributed by atoms with E-state index in [9.17, 15) is 0 Å². The van der Waals surface area contributed by atoms with Gasteiger partial charge in [0.1, 0.15) is 0 Å². The van der Waals surface area contributed by atoms with Crippen molar-refractivity contribution >= 4 is 0 Å².